The average molecular weight is 281 g/mol. The van der Waals surface area contributed by atoms with Gasteiger partial charge in [0.1, 0.15) is 0 Å². The van der Waals surface area contributed by atoms with Crippen molar-refractivity contribution in [3.05, 3.63) is 34.9 Å². The van der Waals surface area contributed by atoms with Crippen LogP contribution in [0, 0.1) is 18.8 Å². The van der Waals surface area contributed by atoms with Crippen molar-refractivity contribution in [1.82, 2.24) is 0 Å². The van der Waals surface area contributed by atoms with E-state index < -0.39 is 0 Å². The molecule has 0 spiro atoms. The molecule has 0 fully saturated rings. The lowest BCUT2D eigenvalue weighted by Crippen LogP contribution is -2.00. The van der Waals surface area contributed by atoms with E-state index in [1.807, 2.05) is 0 Å². The van der Waals surface area contributed by atoms with E-state index in [0.717, 1.165) is 11.8 Å². The highest BCUT2D eigenvalue weighted by Gasteiger charge is 2.05. The van der Waals surface area contributed by atoms with E-state index in [1.165, 1.54) is 48.8 Å². The van der Waals surface area contributed by atoms with Crippen LogP contribution in [0.25, 0.3) is 0 Å². The fourth-order valence-corrected chi connectivity index (χ4v) is 2.74. The molecule has 1 rings (SSSR count). The summed E-state index contributed by atoms with van der Waals surface area (Å²) < 4.78 is 0. The zero-order valence-corrected chi connectivity index (χ0v) is 13.8. The maximum atomic E-state index is 5.97. The van der Waals surface area contributed by atoms with Crippen molar-refractivity contribution >= 4 is 11.6 Å². The summed E-state index contributed by atoms with van der Waals surface area (Å²) in [5.41, 5.74) is 4.03. The minimum Gasteiger partial charge on any atom is -0.122 e. The van der Waals surface area contributed by atoms with E-state index in [-0.39, 0.29) is 0 Å². The topological polar surface area (TPSA) is 0 Å². The van der Waals surface area contributed by atoms with Gasteiger partial charge in [-0.1, -0.05) is 58.2 Å². The summed E-state index contributed by atoms with van der Waals surface area (Å²) in [6.45, 7) is 9.14. The lowest BCUT2D eigenvalue weighted by molar-refractivity contribution is 0.437. The maximum Gasteiger partial charge on any atom is 0.0476 e. The zero-order valence-electron chi connectivity index (χ0n) is 13.0. The average Bonchev–Trinajstić information content (AvgIpc) is 2.37. The highest BCUT2D eigenvalue weighted by atomic mass is 35.5. The Bertz CT molecular complexity index is 368. The Labute approximate surface area is 124 Å². The third-order valence-corrected chi connectivity index (χ3v) is 4.25. The molecule has 0 aliphatic rings. The lowest BCUT2D eigenvalue weighted by atomic mass is 9.93. The lowest BCUT2D eigenvalue weighted by Gasteiger charge is -2.13. The minimum absolute atomic E-state index is 0.629. The van der Waals surface area contributed by atoms with Crippen LogP contribution >= 0.6 is 11.6 Å². The molecule has 1 heteroatoms. The number of benzene rings is 1. The molecule has 0 N–H and O–H groups in total. The van der Waals surface area contributed by atoms with Crippen LogP contribution in [0.2, 0.25) is 0 Å². The molecule has 0 heterocycles. The molecule has 0 radical (unpaired) electrons. The number of alkyl halides is 1. The first-order valence-corrected chi connectivity index (χ1v) is 8.20. The molecule has 0 saturated heterocycles. The summed E-state index contributed by atoms with van der Waals surface area (Å²) in [5.74, 6) is 2.30. The first kappa shape index (κ1) is 16.6. The Hall–Kier alpha value is -0.490. The third-order valence-electron chi connectivity index (χ3n) is 3.96. The second kappa shape index (κ2) is 8.64. The molecular weight excluding hydrogens is 252 g/mol. The van der Waals surface area contributed by atoms with Crippen LogP contribution < -0.4 is 0 Å². The van der Waals surface area contributed by atoms with Crippen LogP contribution in [0.1, 0.15) is 63.1 Å². The van der Waals surface area contributed by atoms with Gasteiger partial charge in [-0.05, 0) is 48.3 Å². The predicted molar refractivity (Wildman–Crippen MR) is 86.9 cm³/mol. The van der Waals surface area contributed by atoms with Crippen molar-refractivity contribution in [2.75, 3.05) is 0 Å². The van der Waals surface area contributed by atoms with Gasteiger partial charge >= 0.3 is 0 Å². The molecule has 108 valence electrons. The molecule has 0 aromatic heterocycles. The van der Waals surface area contributed by atoms with Gasteiger partial charge in [-0.2, -0.15) is 0 Å². The normalized spacial score (nSPS) is 12.9. The Morgan fingerprint density at radius 1 is 1.05 bits per heavy atom. The molecule has 0 aliphatic carbocycles. The van der Waals surface area contributed by atoms with Gasteiger partial charge in [-0.15, -0.1) is 11.6 Å². The predicted octanol–water partition coefficient (Wildman–Crippen LogP) is 6.13. The number of rotatable bonds is 8. The monoisotopic (exact) mass is 280 g/mol. The highest BCUT2D eigenvalue weighted by Crippen LogP contribution is 2.19. The second-order valence-electron chi connectivity index (χ2n) is 6.36. The molecule has 1 aromatic carbocycles. The number of hydrogen-bond acceptors (Lipinski definition) is 0. The Balaban J connectivity index is 2.35. The van der Waals surface area contributed by atoms with Crippen molar-refractivity contribution in [1.29, 1.82) is 0 Å². The number of hydrogen-bond donors (Lipinski definition) is 0. The summed E-state index contributed by atoms with van der Waals surface area (Å²) in [6.07, 6.45) is 6.59. The van der Waals surface area contributed by atoms with Gasteiger partial charge < -0.3 is 0 Å². The molecule has 1 unspecified atom stereocenters. The molecule has 0 nitrogen and oxygen atoms in total. The van der Waals surface area contributed by atoms with Crippen LogP contribution in [-0.2, 0) is 12.3 Å². The van der Waals surface area contributed by atoms with Crippen molar-refractivity contribution in [3.8, 4) is 0 Å². The van der Waals surface area contributed by atoms with Crippen molar-refractivity contribution in [2.24, 2.45) is 11.8 Å². The molecule has 0 bridgehead atoms. The number of aryl methyl sites for hydroxylation is 2. The van der Waals surface area contributed by atoms with E-state index in [1.54, 1.807) is 0 Å². The summed E-state index contributed by atoms with van der Waals surface area (Å²) in [6, 6.07) is 6.74. The zero-order chi connectivity index (χ0) is 14.3. The Morgan fingerprint density at radius 2 is 1.79 bits per heavy atom. The summed E-state index contributed by atoms with van der Waals surface area (Å²) in [7, 11) is 0. The standard InChI is InChI=1S/C18H29Cl/c1-14(2)6-5-7-15(3)8-10-17-11-9-16(4)18(12-17)13-19/h9,11-12,14-15H,5-8,10,13H2,1-4H3. The van der Waals surface area contributed by atoms with Gasteiger partial charge in [-0.25, -0.2) is 0 Å². The largest absolute Gasteiger partial charge is 0.122 e. The van der Waals surface area contributed by atoms with Gasteiger partial charge in [0.05, 0.1) is 0 Å². The maximum absolute atomic E-state index is 5.97. The van der Waals surface area contributed by atoms with Crippen molar-refractivity contribution < 1.29 is 0 Å². The fourth-order valence-electron chi connectivity index (χ4n) is 2.46. The van der Waals surface area contributed by atoms with Crippen LogP contribution in [0.3, 0.4) is 0 Å². The van der Waals surface area contributed by atoms with Gasteiger partial charge in [0.15, 0.2) is 0 Å². The van der Waals surface area contributed by atoms with Crippen LogP contribution in [-0.4, -0.2) is 0 Å². The van der Waals surface area contributed by atoms with E-state index >= 15 is 0 Å². The van der Waals surface area contributed by atoms with Gasteiger partial charge in [0.25, 0.3) is 0 Å². The molecule has 0 amide bonds. The molecule has 0 saturated carbocycles. The molecule has 19 heavy (non-hydrogen) atoms. The third kappa shape index (κ3) is 6.47. The summed E-state index contributed by atoms with van der Waals surface area (Å²) >= 11 is 5.97. The van der Waals surface area contributed by atoms with E-state index in [0.29, 0.717) is 5.88 Å². The van der Waals surface area contributed by atoms with Gasteiger partial charge in [0, 0.05) is 5.88 Å². The first-order valence-electron chi connectivity index (χ1n) is 7.67. The minimum atomic E-state index is 0.629. The fraction of sp³-hybridized carbons (Fsp3) is 0.667. The molecular formula is C18H29Cl. The van der Waals surface area contributed by atoms with Gasteiger partial charge in [0.2, 0.25) is 0 Å². The van der Waals surface area contributed by atoms with Crippen LogP contribution in [0.15, 0.2) is 18.2 Å². The molecule has 1 atom stereocenters. The second-order valence-corrected chi connectivity index (χ2v) is 6.63. The van der Waals surface area contributed by atoms with Crippen molar-refractivity contribution in [2.45, 2.75) is 65.7 Å². The van der Waals surface area contributed by atoms with Crippen molar-refractivity contribution in [3.63, 3.8) is 0 Å². The summed E-state index contributed by atoms with van der Waals surface area (Å²) in [4.78, 5) is 0. The van der Waals surface area contributed by atoms with Crippen LogP contribution in [0.5, 0.6) is 0 Å². The van der Waals surface area contributed by atoms with E-state index in [2.05, 4.69) is 45.9 Å². The number of halogens is 1. The SMILES string of the molecule is Cc1ccc(CCC(C)CCCC(C)C)cc1CCl. The van der Waals surface area contributed by atoms with E-state index in [4.69, 9.17) is 11.6 Å². The van der Waals surface area contributed by atoms with E-state index in [9.17, 15) is 0 Å². The highest BCUT2D eigenvalue weighted by molar-refractivity contribution is 6.17. The summed E-state index contributed by atoms with van der Waals surface area (Å²) in [5, 5.41) is 0. The van der Waals surface area contributed by atoms with Gasteiger partial charge in [-0.3, -0.25) is 0 Å². The quantitative estimate of drug-likeness (QED) is 0.503. The van der Waals surface area contributed by atoms with Crippen LogP contribution in [0.4, 0.5) is 0 Å². The first-order chi connectivity index (χ1) is 9.02. The molecule has 0 aliphatic heterocycles. The molecule has 1 aromatic rings. The Kier molecular flexibility index (Phi) is 7.53. The smallest absolute Gasteiger partial charge is 0.0476 e. The Morgan fingerprint density at radius 3 is 2.42 bits per heavy atom.